The predicted octanol–water partition coefficient (Wildman–Crippen LogP) is 4.39. The standard InChI is InChI=1S/C30H30ClFN6O4S/c1-6-25(39)36-11-12-37(18(4)16-36)28-20-13-23(32)26(19-9-7-8-10-22(19)31)34-29(20)38(30(40)35-28)27-21(17(2)3)14-33-15-24(27)43(5,41)42/h6-10,13-15,17-18H,1,11-12,16H2,2-5H3/t18-/m0/s1. The van der Waals surface area contributed by atoms with Gasteiger partial charge in [-0.2, -0.15) is 4.98 Å². The Morgan fingerprint density at radius 3 is 2.53 bits per heavy atom. The summed E-state index contributed by atoms with van der Waals surface area (Å²) in [5, 5.41) is 0.436. The van der Waals surface area contributed by atoms with Crippen LogP contribution in [0.2, 0.25) is 5.02 Å². The van der Waals surface area contributed by atoms with E-state index < -0.39 is 21.3 Å². The quantitative estimate of drug-likeness (QED) is 0.290. The molecule has 3 aromatic heterocycles. The zero-order valence-corrected chi connectivity index (χ0v) is 25.7. The number of rotatable bonds is 6. The van der Waals surface area contributed by atoms with Gasteiger partial charge < -0.3 is 9.80 Å². The molecule has 4 aromatic rings. The van der Waals surface area contributed by atoms with E-state index in [1.807, 2.05) is 25.7 Å². The number of carbonyl (C=O) groups excluding carboxylic acids is 1. The van der Waals surface area contributed by atoms with Gasteiger partial charge in [-0.25, -0.2) is 27.2 Å². The largest absolute Gasteiger partial charge is 0.355 e. The van der Waals surface area contributed by atoms with Crippen molar-refractivity contribution in [2.75, 3.05) is 30.8 Å². The monoisotopic (exact) mass is 624 g/mol. The number of pyridine rings is 2. The number of fused-ring (bicyclic) bond motifs is 1. The van der Waals surface area contributed by atoms with Crippen molar-refractivity contribution >= 4 is 44.2 Å². The minimum Gasteiger partial charge on any atom is -0.350 e. The number of carbonyl (C=O) groups is 1. The number of amides is 1. The van der Waals surface area contributed by atoms with E-state index in [2.05, 4.69) is 21.5 Å². The first-order chi connectivity index (χ1) is 20.3. The summed E-state index contributed by atoms with van der Waals surface area (Å²) < 4.78 is 43.0. The summed E-state index contributed by atoms with van der Waals surface area (Å²) in [6.07, 6.45) is 4.95. The van der Waals surface area contributed by atoms with Crippen molar-refractivity contribution in [1.29, 1.82) is 0 Å². The summed E-state index contributed by atoms with van der Waals surface area (Å²) in [6, 6.07) is 7.53. The molecule has 13 heteroatoms. The van der Waals surface area contributed by atoms with Crippen LogP contribution in [0.5, 0.6) is 0 Å². The van der Waals surface area contributed by atoms with Gasteiger partial charge in [-0.1, -0.05) is 50.2 Å². The lowest BCUT2D eigenvalue weighted by molar-refractivity contribution is -0.126. The molecule has 0 bridgehead atoms. The van der Waals surface area contributed by atoms with Crippen LogP contribution in [0.3, 0.4) is 0 Å². The fourth-order valence-electron chi connectivity index (χ4n) is 5.35. The summed E-state index contributed by atoms with van der Waals surface area (Å²) in [7, 11) is -3.89. The Morgan fingerprint density at radius 1 is 1.19 bits per heavy atom. The van der Waals surface area contributed by atoms with Crippen LogP contribution in [0.4, 0.5) is 10.2 Å². The van der Waals surface area contributed by atoms with E-state index in [1.165, 1.54) is 24.5 Å². The highest BCUT2D eigenvalue weighted by molar-refractivity contribution is 7.90. The topological polar surface area (TPSA) is 118 Å². The minimum absolute atomic E-state index is 0.00103. The average Bonchev–Trinajstić information content (AvgIpc) is 2.96. The van der Waals surface area contributed by atoms with Crippen molar-refractivity contribution in [3.63, 3.8) is 0 Å². The lowest BCUT2D eigenvalue weighted by Gasteiger charge is -2.40. The van der Waals surface area contributed by atoms with E-state index >= 15 is 4.39 Å². The van der Waals surface area contributed by atoms with E-state index in [0.29, 0.717) is 30.8 Å². The van der Waals surface area contributed by atoms with Crippen LogP contribution in [0.25, 0.3) is 28.0 Å². The van der Waals surface area contributed by atoms with E-state index in [4.69, 9.17) is 11.6 Å². The number of piperazine rings is 1. The number of nitrogens with zero attached hydrogens (tertiary/aromatic N) is 6. The maximum atomic E-state index is 15.9. The highest BCUT2D eigenvalue weighted by atomic mass is 35.5. The molecule has 0 unspecified atom stereocenters. The third-order valence-electron chi connectivity index (χ3n) is 7.47. The first-order valence-corrected chi connectivity index (χ1v) is 15.8. The zero-order chi connectivity index (χ0) is 31.2. The molecule has 0 N–H and O–H groups in total. The summed E-state index contributed by atoms with van der Waals surface area (Å²) in [6.45, 7) is 10.1. The average molecular weight is 625 g/mol. The fourth-order valence-corrected chi connectivity index (χ4v) is 6.39. The van der Waals surface area contributed by atoms with Crippen LogP contribution in [0.1, 0.15) is 32.3 Å². The van der Waals surface area contributed by atoms with Gasteiger partial charge in [0.25, 0.3) is 0 Å². The second-order valence-electron chi connectivity index (χ2n) is 10.8. The number of hydrogen-bond acceptors (Lipinski definition) is 8. The molecule has 10 nitrogen and oxygen atoms in total. The Morgan fingerprint density at radius 2 is 1.91 bits per heavy atom. The molecule has 0 saturated carbocycles. The van der Waals surface area contributed by atoms with Gasteiger partial charge in [-0.15, -0.1) is 0 Å². The van der Waals surface area contributed by atoms with E-state index in [9.17, 15) is 18.0 Å². The predicted molar refractivity (Wildman–Crippen MR) is 164 cm³/mol. The van der Waals surface area contributed by atoms with Crippen molar-refractivity contribution in [2.24, 2.45) is 0 Å². The van der Waals surface area contributed by atoms with Crippen LogP contribution in [-0.4, -0.2) is 70.7 Å². The Kier molecular flexibility index (Phi) is 8.10. The number of benzene rings is 1. The maximum Gasteiger partial charge on any atom is 0.355 e. The summed E-state index contributed by atoms with van der Waals surface area (Å²) in [5.41, 5.74) is -0.0917. The summed E-state index contributed by atoms with van der Waals surface area (Å²) in [4.78, 5) is 42.7. The van der Waals surface area contributed by atoms with Gasteiger partial charge in [0.15, 0.2) is 15.5 Å². The van der Waals surface area contributed by atoms with Crippen molar-refractivity contribution in [1.82, 2.24) is 24.4 Å². The molecular formula is C30H30ClFN6O4S. The lowest BCUT2D eigenvalue weighted by Crippen LogP contribution is -2.54. The Hall–Kier alpha value is -4.16. The fraction of sp³-hybridized carbons (Fsp3) is 0.300. The van der Waals surface area contributed by atoms with E-state index in [-0.39, 0.29) is 56.0 Å². The maximum absolute atomic E-state index is 15.9. The number of anilines is 1. The van der Waals surface area contributed by atoms with Gasteiger partial charge in [-0.3, -0.25) is 9.78 Å². The number of hydrogen-bond donors (Lipinski definition) is 0. The first kappa shape index (κ1) is 30.3. The molecule has 0 spiro atoms. The van der Waals surface area contributed by atoms with Gasteiger partial charge in [0.2, 0.25) is 5.91 Å². The second-order valence-corrected chi connectivity index (χ2v) is 13.1. The SMILES string of the molecule is C=CC(=O)N1CCN(c2nc(=O)n(-c3c(C(C)C)cncc3S(C)(=O)=O)c3nc(-c4ccccc4Cl)c(F)cc23)[C@@H](C)C1. The summed E-state index contributed by atoms with van der Waals surface area (Å²) >= 11 is 6.42. The van der Waals surface area contributed by atoms with Crippen molar-refractivity contribution in [2.45, 2.75) is 37.6 Å². The van der Waals surface area contributed by atoms with E-state index in [0.717, 1.165) is 10.8 Å². The van der Waals surface area contributed by atoms with Crippen LogP contribution in [-0.2, 0) is 14.6 Å². The molecule has 1 saturated heterocycles. The van der Waals surface area contributed by atoms with Crippen LogP contribution < -0.4 is 10.6 Å². The van der Waals surface area contributed by atoms with Crippen LogP contribution in [0.15, 0.2) is 65.1 Å². The smallest absolute Gasteiger partial charge is 0.350 e. The molecule has 0 aliphatic carbocycles. The third kappa shape index (κ3) is 5.52. The third-order valence-corrected chi connectivity index (χ3v) is 8.90. The second kappa shape index (κ2) is 11.5. The molecule has 5 rings (SSSR count). The normalized spacial score (nSPS) is 15.7. The number of halogens is 2. The molecule has 1 aliphatic rings. The molecular weight excluding hydrogens is 595 g/mol. The van der Waals surface area contributed by atoms with Gasteiger partial charge in [0, 0.05) is 49.9 Å². The van der Waals surface area contributed by atoms with Crippen LogP contribution in [0, 0.1) is 5.82 Å². The van der Waals surface area contributed by atoms with Crippen LogP contribution >= 0.6 is 11.6 Å². The number of aromatic nitrogens is 4. The Bertz CT molecular complexity index is 1950. The highest BCUT2D eigenvalue weighted by Crippen LogP contribution is 2.36. The van der Waals surface area contributed by atoms with Gasteiger partial charge in [-0.05, 0) is 36.6 Å². The number of sulfone groups is 1. The molecule has 1 atom stereocenters. The highest BCUT2D eigenvalue weighted by Gasteiger charge is 2.31. The molecule has 0 radical (unpaired) electrons. The Balaban J connectivity index is 1.88. The summed E-state index contributed by atoms with van der Waals surface area (Å²) in [5.74, 6) is -0.995. The molecule has 43 heavy (non-hydrogen) atoms. The molecule has 1 aromatic carbocycles. The van der Waals surface area contributed by atoms with Crippen molar-refractivity contribution < 1.29 is 17.6 Å². The Labute approximate surface area is 253 Å². The van der Waals surface area contributed by atoms with Crippen molar-refractivity contribution in [3.8, 4) is 16.9 Å². The lowest BCUT2D eigenvalue weighted by atomic mass is 10.0. The van der Waals surface area contributed by atoms with Gasteiger partial charge in [0.1, 0.15) is 22.2 Å². The zero-order valence-electron chi connectivity index (χ0n) is 24.1. The molecule has 1 amide bonds. The van der Waals surface area contributed by atoms with Crippen molar-refractivity contribution in [3.05, 3.63) is 82.3 Å². The minimum atomic E-state index is -3.89. The van der Waals surface area contributed by atoms with E-state index in [1.54, 1.807) is 29.2 Å². The molecule has 1 aliphatic heterocycles. The van der Waals surface area contributed by atoms with Gasteiger partial charge in [0.05, 0.1) is 16.1 Å². The molecule has 224 valence electrons. The van der Waals surface area contributed by atoms with Gasteiger partial charge >= 0.3 is 5.69 Å². The molecule has 4 heterocycles. The molecule has 1 fully saturated rings. The first-order valence-electron chi connectivity index (χ1n) is 13.6.